The molecule has 1 aliphatic carbocycles. The van der Waals surface area contributed by atoms with Crippen LogP contribution in [0.2, 0.25) is 0 Å². The third kappa shape index (κ3) is 4.02. The van der Waals surface area contributed by atoms with Crippen molar-refractivity contribution in [2.75, 3.05) is 24.4 Å². The number of nitrogens with one attached hydrogen (secondary N) is 1. The number of halogens is 1. The van der Waals surface area contributed by atoms with Gasteiger partial charge >= 0.3 is 0 Å². The summed E-state index contributed by atoms with van der Waals surface area (Å²) in [6.07, 6.45) is 1.78. The summed E-state index contributed by atoms with van der Waals surface area (Å²) in [7, 11) is 2.98. The van der Waals surface area contributed by atoms with E-state index in [0.717, 1.165) is 12.8 Å². The van der Waals surface area contributed by atoms with Crippen molar-refractivity contribution in [3.63, 3.8) is 0 Å². The Labute approximate surface area is 156 Å². The quantitative estimate of drug-likeness (QED) is 0.841. The Kier molecular flexibility index (Phi) is 5.30. The predicted octanol–water partition coefficient (Wildman–Crippen LogP) is 3.61. The zero-order chi connectivity index (χ0) is 19.6. The van der Waals surface area contributed by atoms with Gasteiger partial charge in [0.2, 0.25) is 5.91 Å². The van der Waals surface area contributed by atoms with E-state index in [9.17, 15) is 14.0 Å². The van der Waals surface area contributed by atoms with Gasteiger partial charge in [0.15, 0.2) is 11.5 Å². The number of rotatable bonds is 6. The van der Waals surface area contributed by atoms with Crippen LogP contribution in [0.15, 0.2) is 36.4 Å². The number of methoxy groups -OCH3 is 2. The van der Waals surface area contributed by atoms with Crippen molar-refractivity contribution in [1.82, 2.24) is 0 Å². The monoisotopic (exact) mass is 372 g/mol. The molecule has 1 fully saturated rings. The summed E-state index contributed by atoms with van der Waals surface area (Å²) in [5.74, 6) is -0.182. The molecule has 0 spiro atoms. The molecule has 0 heterocycles. The predicted molar refractivity (Wildman–Crippen MR) is 100 cm³/mol. The molecule has 7 heteroatoms. The third-order valence-corrected chi connectivity index (χ3v) is 4.36. The molecule has 2 amide bonds. The standard InChI is InChI=1S/C20H21FN2O4/c1-12(24)23(15-6-7-15)17-8-5-14(21)11-16(17)22-20(25)13-4-9-18(26-2)19(10-13)27-3/h4-5,8-11,15H,6-7H2,1-3H3,(H,22,25). The number of hydrogen-bond donors (Lipinski definition) is 1. The van der Waals surface area contributed by atoms with E-state index in [1.54, 1.807) is 17.0 Å². The SMILES string of the molecule is COc1ccc(C(=O)Nc2cc(F)ccc2N(C(C)=O)C2CC2)cc1OC. The number of nitrogens with zero attached hydrogens (tertiary/aromatic N) is 1. The molecule has 0 radical (unpaired) electrons. The summed E-state index contributed by atoms with van der Waals surface area (Å²) in [5.41, 5.74) is 1.06. The van der Waals surface area contributed by atoms with Crippen LogP contribution in [0.5, 0.6) is 11.5 Å². The van der Waals surface area contributed by atoms with Crippen molar-refractivity contribution < 1.29 is 23.5 Å². The molecule has 0 aliphatic heterocycles. The van der Waals surface area contributed by atoms with Gasteiger partial charge in [-0.1, -0.05) is 0 Å². The van der Waals surface area contributed by atoms with Crippen LogP contribution < -0.4 is 19.7 Å². The van der Waals surface area contributed by atoms with Crippen LogP contribution >= 0.6 is 0 Å². The highest BCUT2D eigenvalue weighted by molar-refractivity contribution is 6.08. The summed E-state index contributed by atoms with van der Waals surface area (Å²) in [6, 6.07) is 8.83. The van der Waals surface area contributed by atoms with Crippen molar-refractivity contribution in [1.29, 1.82) is 0 Å². The molecule has 27 heavy (non-hydrogen) atoms. The molecule has 1 N–H and O–H groups in total. The van der Waals surface area contributed by atoms with Gasteiger partial charge < -0.3 is 19.7 Å². The number of hydrogen-bond acceptors (Lipinski definition) is 4. The molecule has 2 aromatic rings. The molecule has 0 bridgehead atoms. The highest BCUT2D eigenvalue weighted by Gasteiger charge is 2.33. The summed E-state index contributed by atoms with van der Waals surface area (Å²) in [5, 5.41) is 2.71. The van der Waals surface area contributed by atoms with E-state index in [-0.39, 0.29) is 17.6 Å². The second kappa shape index (κ2) is 7.65. The minimum atomic E-state index is -0.499. The van der Waals surface area contributed by atoms with E-state index in [4.69, 9.17) is 9.47 Å². The molecular formula is C20H21FN2O4. The van der Waals surface area contributed by atoms with Crippen LogP contribution in [0.25, 0.3) is 0 Å². The maximum absolute atomic E-state index is 13.8. The minimum Gasteiger partial charge on any atom is -0.493 e. The van der Waals surface area contributed by atoms with E-state index < -0.39 is 11.7 Å². The maximum atomic E-state index is 13.8. The lowest BCUT2D eigenvalue weighted by Crippen LogP contribution is -2.31. The lowest BCUT2D eigenvalue weighted by atomic mass is 10.1. The van der Waals surface area contributed by atoms with Gasteiger partial charge in [0.1, 0.15) is 5.82 Å². The molecule has 0 atom stereocenters. The van der Waals surface area contributed by atoms with Crippen molar-refractivity contribution in [2.45, 2.75) is 25.8 Å². The summed E-state index contributed by atoms with van der Waals surface area (Å²) < 4.78 is 24.2. The normalized spacial score (nSPS) is 13.0. The Morgan fingerprint density at radius 3 is 2.37 bits per heavy atom. The fraction of sp³-hybridized carbons (Fsp3) is 0.300. The number of anilines is 2. The number of carbonyl (C=O) groups excluding carboxylic acids is 2. The Hall–Kier alpha value is -3.09. The van der Waals surface area contributed by atoms with Crippen LogP contribution in [0, 0.1) is 5.82 Å². The largest absolute Gasteiger partial charge is 0.493 e. The van der Waals surface area contributed by atoms with Crippen molar-refractivity contribution >= 4 is 23.2 Å². The first-order chi connectivity index (χ1) is 12.9. The van der Waals surface area contributed by atoms with Gasteiger partial charge in [-0.15, -0.1) is 0 Å². The molecule has 0 unspecified atom stereocenters. The maximum Gasteiger partial charge on any atom is 0.255 e. The number of ether oxygens (including phenoxy) is 2. The van der Waals surface area contributed by atoms with E-state index in [1.165, 1.54) is 45.4 Å². The first kappa shape index (κ1) is 18.7. The van der Waals surface area contributed by atoms with E-state index in [1.807, 2.05) is 0 Å². The van der Waals surface area contributed by atoms with Crippen molar-refractivity contribution in [2.24, 2.45) is 0 Å². The Morgan fingerprint density at radius 2 is 1.78 bits per heavy atom. The van der Waals surface area contributed by atoms with Crippen molar-refractivity contribution in [3.05, 3.63) is 47.8 Å². The zero-order valence-electron chi connectivity index (χ0n) is 15.4. The van der Waals surface area contributed by atoms with Crippen LogP contribution in [-0.4, -0.2) is 32.1 Å². The van der Waals surface area contributed by atoms with E-state index in [2.05, 4.69) is 5.32 Å². The molecule has 0 saturated heterocycles. The van der Waals surface area contributed by atoms with Gasteiger partial charge in [-0.3, -0.25) is 9.59 Å². The first-order valence-electron chi connectivity index (χ1n) is 8.57. The molecule has 1 aliphatic rings. The molecule has 6 nitrogen and oxygen atoms in total. The Balaban J connectivity index is 1.92. The molecule has 142 valence electrons. The zero-order valence-corrected chi connectivity index (χ0v) is 15.4. The summed E-state index contributed by atoms with van der Waals surface area (Å²) in [4.78, 5) is 26.4. The second-order valence-corrected chi connectivity index (χ2v) is 6.31. The number of carbonyl (C=O) groups is 2. The molecule has 0 aromatic heterocycles. The second-order valence-electron chi connectivity index (χ2n) is 6.31. The van der Waals surface area contributed by atoms with Gasteiger partial charge in [-0.2, -0.15) is 0 Å². The topological polar surface area (TPSA) is 67.9 Å². The van der Waals surface area contributed by atoms with Gasteiger partial charge in [-0.05, 0) is 49.2 Å². The fourth-order valence-corrected chi connectivity index (χ4v) is 2.95. The minimum absolute atomic E-state index is 0.0877. The highest BCUT2D eigenvalue weighted by Crippen LogP contribution is 2.37. The van der Waals surface area contributed by atoms with Crippen molar-refractivity contribution in [3.8, 4) is 11.5 Å². The lowest BCUT2D eigenvalue weighted by molar-refractivity contribution is -0.116. The van der Waals surface area contributed by atoms with E-state index in [0.29, 0.717) is 22.7 Å². The lowest BCUT2D eigenvalue weighted by Gasteiger charge is -2.24. The van der Waals surface area contributed by atoms with E-state index >= 15 is 0 Å². The van der Waals surface area contributed by atoms with Crippen LogP contribution in [0.1, 0.15) is 30.1 Å². The Morgan fingerprint density at radius 1 is 1.07 bits per heavy atom. The third-order valence-electron chi connectivity index (χ3n) is 4.36. The van der Waals surface area contributed by atoms with Crippen LogP contribution in [0.3, 0.4) is 0 Å². The summed E-state index contributed by atoms with van der Waals surface area (Å²) >= 11 is 0. The molecule has 3 rings (SSSR count). The van der Waals surface area contributed by atoms with Gasteiger partial charge in [0, 0.05) is 18.5 Å². The van der Waals surface area contributed by atoms with Crippen LogP contribution in [0.4, 0.5) is 15.8 Å². The molecule has 1 saturated carbocycles. The summed E-state index contributed by atoms with van der Waals surface area (Å²) in [6.45, 7) is 1.46. The molecule has 2 aromatic carbocycles. The number of benzene rings is 2. The van der Waals surface area contributed by atoms with Gasteiger partial charge in [0.25, 0.3) is 5.91 Å². The van der Waals surface area contributed by atoms with Crippen LogP contribution in [-0.2, 0) is 4.79 Å². The fourth-order valence-electron chi connectivity index (χ4n) is 2.95. The van der Waals surface area contributed by atoms with Gasteiger partial charge in [0.05, 0.1) is 25.6 Å². The molecular weight excluding hydrogens is 351 g/mol. The number of amides is 2. The highest BCUT2D eigenvalue weighted by atomic mass is 19.1. The van der Waals surface area contributed by atoms with Gasteiger partial charge in [-0.25, -0.2) is 4.39 Å². The smallest absolute Gasteiger partial charge is 0.255 e. The average Bonchev–Trinajstić information content (AvgIpc) is 3.47. The Bertz CT molecular complexity index is 880. The average molecular weight is 372 g/mol. The first-order valence-corrected chi connectivity index (χ1v) is 8.57.